The number of nitrogens with two attached hydrogens (primary N) is 1. The minimum atomic E-state index is -0.249. The van der Waals surface area contributed by atoms with E-state index in [0.29, 0.717) is 17.2 Å². The number of rotatable bonds is 5. The molecule has 4 rings (SSSR count). The van der Waals surface area contributed by atoms with Crippen LogP contribution in [0.3, 0.4) is 0 Å². The molecule has 0 spiro atoms. The Kier molecular flexibility index (Phi) is 6.65. The first-order valence-electron chi connectivity index (χ1n) is 11.1. The lowest BCUT2D eigenvalue weighted by Crippen LogP contribution is -2.30. The number of aliphatic imine (C=N–C) groups is 1. The largest absolute Gasteiger partial charge is 0.382 e. The lowest BCUT2D eigenvalue weighted by molar-refractivity contribution is 0.0977. The highest BCUT2D eigenvalue weighted by Crippen LogP contribution is 2.35. The molecule has 3 heterocycles. The third-order valence-corrected chi connectivity index (χ3v) is 5.90. The van der Waals surface area contributed by atoms with Crippen molar-refractivity contribution in [3.05, 3.63) is 73.0 Å². The first-order valence-corrected chi connectivity index (χ1v) is 11.1. The number of amidine groups is 1. The third-order valence-electron chi connectivity index (χ3n) is 5.90. The van der Waals surface area contributed by atoms with E-state index in [1.165, 1.54) is 19.0 Å². The number of piperidine rings is 1. The molecule has 0 radical (unpaired) electrons. The number of allylic oxidation sites excluding steroid dienone is 1. The number of nitrogens with zero attached hydrogens (tertiary/aromatic N) is 5. The minimum Gasteiger partial charge on any atom is -0.382 e. The summed E-state index contributed by atoms with van der Waals surface area (Å²) in [5.41, 5.74) is 9.23. The molecule has 1 saturated heterocycles. The Hall–Kier alpha value is -3.78. The Bertz CT molecular complexity index is 1220. The molecule has 170 valence electrons. The predicted molar refractivity (Wildman–Crippen MR) is 132 cm³/mol. The van der Waals surface area contributed by atoms with Gasteiger partial charge in [0.15, 0.2) is 0 Å². The van der Waals surface area contributed by atoms with Crippen molar-refractivity contribution in [2.75, 3.05) is 19.3 Å². The van der Waals surface area contributed by atoms with Crippen LogP contribution in [0.1, 0.15) is 48.4 Å². The normalized spacial score (nSPS) is 17.5. The van der Waals surface area contributed by atoms with Gasteiger partial charge < -0.3 is 11.1 Å². The Morgan fingerprint density at radius 1 is 1.30 bits per heavy atom. The van der Waals surface area contributed by atoms with Gasteiger partial charge in [-0.2, -0.15) is 0 Å². The van der Waals surface area contributed by atoms with Crippen LogP contribution in [-0.4, -0.2) is 44.6 Å². The minimum absolute atomic E-state index is 0.223. The molecule has 0 saturated carbocycles. The number of aromatic nitrogens is 3. The Labute approximate surface area is 193 Å². The summed E-state index contributed by atoms with van der Waals surface area (Å²) in [5.74, 6) is 1.58. The van der Waals surface area contributed by atoms with Gasteiger partial charge in [-0.25, -0.2) is 15.0 Å². The predicted octanol–water partition coefficient (Wildman–Crippen LogP) is 3.98. The maximum Gasteiger partial charge on any atom is 0.256 e. The molecule has 1 aliphatic rings. The van der Waals surface area contributed by atoms with Crippen LogP contribution >= 0.6 is 0 Å². The fourth-order valence-corrected chi connectivity index (χ4v) is 4.27. The number of carbonyl (C=O) groups excluding carboxylic acids is 1. The Morgan fingerprint density at radius 2 is 2.09 bits per heavy atom. The molecule has 1 aliphatic heterocycles. The van der Waals surface area contributed by atoms with Crippen molar-refractivity contribution in [3.8, 4) is 11.3 Å². The van der Waals surface area contributed by atoms with Gasteiger partial charge in [0.2, 0.25) is 0 Å². The van der Waals surface area contributed by atoms with Crippen molar-refractivity contribution in [1.82, 2.24) is 24.6 Å². The van der Waals surface area contributed by atoms with E-state index < -0.39 is 0 Å². The number of hydrogen-bond acceptors (Lipinski definition) is 6. The summed E-state index contributed by atoms with van der Waals surface area (Å²) >= 11 is 0. The number of nitrogens with one attached hydrogen (secondary N) is 1. The van der Waals surface area contributed by atoms with Gasteiger partial charge in [-0.05, 0) is 51.6 Å². The number of likely N-dealkylation sites (tertiary alicyclic amines) is 1. The monoisotopic (exact) mass is 443 g/mol. The van der Waals surface area contributed by atoms with Gasteiger partial charge in [0, 0.05) is 29.7 Å². The van der Waals surface area contributed by atoms with Crippen LogP contribution in [0.15, 0.2) is 66.6 Å². The smallest absolute Gasteiger partial charge is 0.256 e. The number of imidazole rings is 1. The molecule has 1 aromatic carbocycles. The quantitative estimate of drug-likeness (QED) is 0.459. The van der Waals surface area contributed by atoms with E-state index in [1.54, 1.807) is 30.5 Å². The number of anilines is 1. The van der Waals surface area contributed by atoms with E-state index in [1.807, 2.05) is 25.3 Å². The summed E-state index contributed by atoms with van der Waals surface area (Å²) < 4.78 is 2.06. The second kappa shape index (κ2) is 9.79. The molecule has 8 heteroatoms. The van der Waals surface area contributed by atoms with Crippen LogP contribution in [0, 0.1) is 0 Å². The van der Waals surface area contributed by atoms with Crippen molar-refractivity contribution in [1.29, 1.82) is 0 Å². The zero-order valence-corrected chi connectivity index (χ0v) is 19.0. The van der Waals surface area contributed by atoms with Crippen LogP contribution in [0.2, 0.25) is 0 Å². The third kappa shape index (κ3) is 4.56. The highest BCUT2D eigenvalue weighted by atomic mass is 16.1. The molecular weight excluding hydrogens is 414 g/mol. The van der Waals surface area contributed by atoms with Crippen LogP contribution in [-0.2, 0) is 0 Å². The maximum atomic E-state index is 12.7. The van der Waals surface area contributed by atoms with Crippen LogP contribution in [0.25, 0.3) is 16.8 Å². The van der Waals surface area contributed by atoms with Gasteiger partial charge in [-0.1, -0.05) is 31.2 Å². The molecule has 1 fully saturated rings. The van der Waals surface area contributed by atoms with E-state index >= 15 is 0 Å². The summed E-state index contributed by atoms with van der Waals surface area (Å²) in [7, 11) is 2.14. The molecule has 8 nitrogen and oxygen atoms in total. The fraction of sp³-hybridized carbons (Fsp3) is 0.280. The van der Waals surface area contributed by atoms with Gasteiger partial charge in [-0.3, -0.25) is 14.1 Å². The molecular formula is C25H29N7O. The van der Waals surface area contributed by atoms with Gasteiger partial charge >= 0.3 is 0 Å². The van der Waals surface area contributed by atoms with E-state index in [-0.39, 0.29) is 11.9 Å². The highest BCUT2D eigenvalue weighted by Gasteiger charge is 2.27. The molecule has 0 aliphatic carbocycles. The summed E-state index contributed by atoms with van der Waals surface area (Å²) in [6.07, 6.45) is 12.0. The number of carbonyl (C=O) groups is 1. The average Bonchev–Trinajstić information content (AvgIpc) is 3.20. The van der Waals surface area contributed by atoms with E-state index in [4.69, 9.17) is 10.7 Å². The van der Waals surface area contributed by atoms with E-state index in [2.05, 4.69) is 38.2 Å². The zero-order chi connectivity index (χ0) is 23.4. The van der Waals surface area contributed by atoms with Crippen LogP contribution < -0.4 is 11.1 Å². The second-order valence-electron chi connectivity index (χ2n) is 8.07. The molecule has 3 N–H and O–H groups in total. The average molecular weight is 444 g/mol. The fourth-order valence-electron chi connectivity index (χ4n) is 4.27. The summed E-state index contributed by atoms with van der Waals surface area (Å²) in [4.78, 5) is 28.4. The maximum absolute atomic E-state index is 12.7. The van der Waals surface area contributed by atoms with Crippen molar-refractivity contribution < 1.29 is 4.79 Å². The number of nitrogen functional groups attached to an aromatic ring is 1. The second-order valence-corrected chi connectivity index (χ2v) is 8.07. The first kappa shape index (κ1) is 22.4. The van der Waals surface area contributed by atoms with Crippen molar-refractivity contribution >= 4 is 23.1 Å². The van der Waals surface area contributed by atoms with Crippen LogP contribution in [0.5, 0.6) is 0 Å². The van der Waals surface area contributed by atoms with Gasteiger partial charge in [-0.15, -0.1) is 0 Å². The molecule has 33 heavy (non-hydrogen) atoms. The molecule has 1 atom stereocenters. The summed E-state index contributed by atoms with van der Waals surface area (Å²) in [6, 6.07) is 7.54. The summed E-state index contributed by atoms with van der Waals surface area (Å²) in [5, 5.41) is 2.78. The molecule has 2 aromatic heterocycles. The lowest BCUT2D eigenvalue weighted by Gasteiger charge is -2.31. The standard InChI is InChI=1S/C25H29N7O/c1-4-8-20(27-5-2)29-25(33)18-12-10-17(11-13-18)21-22-23(26)28-14-16-32(22)24(30-21)19-9-6-7-15-31(19)3/h4-5,8,10-14,16,19H,2,6-7,9,15H2,1,3H3,(H2,26,28)(H,27,29,33)/b8-4-. The SMILES string of the molecule is C=C/N=C(\C=C/C)NC(=O)c1ccc(-c2nc(C3CCCCN3C)n3ccnc(N)c23)cc1. The van der Waals surface area contributed by atoms with Crippen molar-refractivity contribution in [3.63, 3.8) is 0 Å². The Morgan fingerprint density at radius 3 is 2.79 bits per heavy atom. The molecule has 3 aromatic rings. The summed E-state index contributed by atoms with van der Waals surface area (Å²) in [6.45, 7) is 6.48. The first-order chi connectivity index (χ1) is 16.0. The van der Waals surface area contributed by atoms with Gasteiger partial charge in [0.05, 0.1) is 6.04 Å². The van der Waals surface area contributed by atoms with Crippen LogP contribution in [0.4, 0.5) is 5.82 Å². The van der Waals surface area contributed by atoms with Crippen molar-refractivity contribution in [2.24, 2.45) is 4.99 Å². The number of amides is 1. The number of hydrogen-bond donors (Lipinski definition) is 2. The molecule has 0 bridgehead atoms. The van der Waals surface area contributed by atoms with E-state index in [9.17, 15) is 4.79 Å². The molecule has 1 amide bonds. The van der Waals surface area contributed by atoms with E-state index in [0.717, 1.165) is 35.6 Å². The van der Waals surface area contributed by atoms with Crippen molar-refractivity contribution in [2.45, 2.75) is 32.2 Å². The molecule has 1 unspecified atom stereocenters. The Balaban J connectivity index is 1.69. The highest BCUT2D eigenvalue weighted by molar-refractivity contribution is 6.10. The van der Waals surface area contributed by atoms with Gasteiger partial charge in [0.25, 0.3) is 5.91 Å². The topological polar surface area (TPSA) is 101 Å². The number of benzene rings is 1. The lowest BCUT2D eigenvalue weighted by atomic mass is 10.0. The van der Waals surface area contributed by atoms with Gasteiger partial charge in [0.1, 0.15) is 28.7 Å². The number of fused-ring (bicyclic) bond motifs is 1. The zero-order valence-electron chi connectivity index (χ0n) is 19.0.